The zero-order valence-corrected chi connectivity index (χ0v) is 21.7. The minimum Gasteiger partial charge on any atom is -0.310 e. The fraction of sp³-hybridized carbons (Fsp3) is 0.520. The van der Waals surface area contributed by atoms with Gasteiger partial charge in [0.1, 0.15) is 5.82 Å². The molecule has 0 aliphatic rings. The Hall–Kier alpha value is -3.39. The molecule has 0 fully saturated rings. The van der Waals surface area contributed by atoms with E-state index in [2.05, 4.69) is 20.4 Å². The number of rotatable bonds is 9. The minimum absolute atomic E-state index is 0.0288. The first-order chi connectivity index (χ1) is 18.5. The van der Waals surface area contributed by atoms with Crippen LogP contribution in [0.1, 0.15) is 81.1 Å². The third-order valence-corrected chi connectivity index (χ3v) is 5.92. The van der Waals surface area contributed by atoms with Gasteiger partial charge >= 0.3 is 18.5 Å². The Morgan fingerprint density at radius 3 is 1.85 bits per heavy atom. The minimum atomic E-state index is -5.42. The first-order valence-electron chi connectivity index (χ1n) is 12.5. The van der Waals surface area contributed by atoms with Gasteiger partial charge in [0, 0.05) is 6.42 Å². The Bertz CT molecular complexity index is 1350. The zero-order chi connectivity index (χ0) is 30.0. The number of halogens is 9. The molecular weight excluding hydrogens is 557 g/mol. The lowest BCUT2D eigenvalue weighted by molar-refractivity contribution is -0.151. The first kappa shape index (κ1) is 31.1. The van der Waals surface area contributed by atoms with Crippen LogP contribution in [0.15, 0.2) is 12.1 Å². The molecule has 1 N–H and O–H groups in total. The number of amides is 1. The fourth-order valence-electron chi connectivity index (χ4n) is 4.25. The van der Waals surface area contributed by atoms with Crippen LogP contribution < -0.4 is 5.32 Å². The van der Waals surface area contributed by atoms with Crippen molar-refractivity contribution < 1.29 is 44.3 Å². The van der Waals surface area contributed by atoms with Crippen LogP contribution in [0.2, 0.25) is 0 Å². The van der Waals surface area contributed by atoms with Gasteiger partial charge in [0.15, 0.2) is 11.3 Å². The number of hydrogen-bond donors (Lipinski definition) is 1. The van der Waals surface area contributed by atoms with Crippen LogP contribution in [0.25, 0.3) is 16.7 Å². The quantitative estimate of drug-likeness (QED) is 0.260. The molecule has 3 rings (SSSR count). The molecule has 0 unspecified atom stereocenters. The second-order valence-electron chi connectivity index (χ2n) is 9.14. The summed E-state index contributed by atoms with van der Waals surface area (Å²) in [6, 6.07) is 1.65. The van der Waals surface area contributed by atoms with Crippen molar-refractivity contribution in [3.8, 4) is 5.69 Å². The largest absolute Gasteiger partial charge is 0.451 e. The van der Waals surface area contributed by atoms with Gasteiger partial charge in [-0.3, -0.25) is 4.79 Å². The van der Waals surface area contributed by atoms with Crippen molar-refractivity contribution in [2.24, 2.45) is 0 Å². The monoisotopic (exact) mass is 583 g/mol. The molecule has 6 nitrogen and oxygen atoms in total. The van der Waals surface area contributed by atoms with Crippen LogP contribution in [-0.4, -0.2) is 25.7 Å². The lowest BCUT2D eigenvalue weighted by Gasteiger charge is -2.20. The highest BCUT2D eigenvalue weighted by molar-refractivity contribution is 6.01. The molecule has 0 atom stereocenters. The summed E-state index contributed by atoms with van der Waals surface area (Å²) in [4.78, 5) is 18.6. The van der Waals surface area contributed by atoms with Crippen LogP contribution >= 0.6 is 0 Å². The number of unbranched alkanes of at least 4 members (excludes halogenated alkanes) is 1. The molecule has 3 aromatic rings. The summed E-state index contributed by atoms with van der Waals surface area (Å²) in [5.41, 5.74) is -4.00. The van der Waals surface area contributed by atoms with Gasteiger partial charge in [-0.2, -0.15) is 39.5 Å². The number of carbonyl (C=O) groups is 1. The van der Waals surface area contributed by atoms with E-state index in [4.69, 9.17) is 0 Å². The predicted molar refractivity (Wildman–Crippen MR) is 128 cm³/mol. The molecule has 220 valence electrons. The number of alkyl halides is 9. The van der Waals surface area contributed by atoms with Crippen molar-refractivity contribution >= 4 is 22.8 Å². The summed E-state index contributed by atoms with van der Waals surface area (Å²) >= 11 is 0. The van der Waals surface area contributed by atoms with E-state index in [9.17, 15) is 44.3 Å². The number of benzene rings is 1. The van der Waals surface area contributed by atoms with Gasteiger partial charge in [-0.05, 0) is 42.5 Å². The number of nitrogens with zero attached hydrogens (tertiary/aromatic N) is 4. The Morgan fingerprint density at radius 2 is 1.40 bits per heavy atom. The number of aryl methyl sites for hydroxylation is 2. The summed E-state index contributed by atoms with van der Waals surface area (Å²) in [5.74, 6) is -3.54. The fourth-order valence-corrected chi connectivity index (χ4v) is 4.25. The third-order valence-electron chi connectivity index (χ3n) is 5.92. The van der Waals surface area contributed by atoms with Crippen LogP contribution in [0.5, 0.6) is 0 Å². The van der Waals surface area contributed by atoms with E-state index in [0.717, 1.165) is 16.8 Å². The Balaban J connectivity index is 2.51. The van der Waals surface area contributed by atoms with E-state index >= 15 is 0 Å². The lowest BCUT2D eigenvalue weighted by Crippen LogP contribution is -2.19. The summed E-state index contributed by atoms with van der Waals surface area (Å²) < 4.78 is 124. The van der Waals surface area contributed by atoms with Crippen LogP contribution in [-0.2, 0) is 36.2 Å². The molecule has 0 saturated heterocycles. The number of nitrogens with one attached hydrogen (secondary N) is 1. The molecule has 1 amide bonds. The molecule has 2 aromatic heterocycles. The smallest absolute Gasteiger partial charge is 0.310 e. The van der Waals surface area contributed by atoms with Gasteiger partial charge < -0.3 is 5.32 Å². The maximum absolute atomic E-state index is 14.1. The second-order valence-corrected chi connectivity index (χ2v) is 9.14. The molecule has 40 heavy (non-hydrogen) atoms. The Kier molecular flexibility index (Phi) is 9.04. The molecule has 0 saturated carbocycles. The van der Waals surface area contributed by atoms with Crippen molar-refractivity contribution in [1.29, 1.82) is 0 Å². The maximum atomic E-state index is 14.1. The summed E-state index contributed by atoms with van der Waals surface area (Å²) in [5, 5.41) is 5.21. The third kappa shape index (κ3) is 6.66. The molecule has 0 aliphatic carbocycles. The number of aromatic nitrogens is 4. The predicted octanol–water partition coefficient (Wildman–Crippen LogP) is 7.91. The normalized spacial score (nSPS) is 12.8. The maximum Gasteiger partial charge on any atom is 0.451 e. The topological polar surface area (TPSA) is 72.7 Å². The summed E-state index contributed by atoms with van der Waals surface area (Å²) in [6.07, 6.45) is -14.1. The van der Waals surface area contributed by atoms with Gasteiger partial charge in [0.2, 0.25) is 11.7 Å². The van der Waals surface area contributed by atoms with E-state index in [1.54, 1.807) is 20.8 Å². The zero-order valence-electron chi connectivity index (χ0n) is 21.7. The summed E-state index contributed by atoms with van der Waals surface area (Å²) in [6.45, 7) is 5.09. The number of anilines is 1. The van der Waals surface area contributed by atoms with E-state index in [0.29, 0.717) is 25.7 Å². The van der Waals surface area contributed by atoms with Crippen molar-refractivity contribution in [3.63, 3.8) is 0 Å². The van der Waals surface area contributed by atoms with Gasteiger partial charge in [0.05, 0.1) is 16.6 Å². The molecule has 0 aliphatic heterocycles. The van der Waals surface area contributed by atoms with E-state index in [-0.39, 0.29) is 36.1 Å². The number of carbonyl (C=O) groups excluding carboxylic acids is 1. The highest BCUT2D eigenvalue weighted by Gasteiger charge is 2.43. The van der Waals surface area contributed by atoms with Crippen molar-refractivity contribution in [1.82, 2.24) is 19.7 Å². The molecule has 1 aromatic carbocycles. The van der Waals surface area contributed by atoms with Gasteiger partial charge in [0.25, 0.3) is 0 Å². The van der Waals surface area contributed by atoms with Crippen molar-refractivity contribution in [2.45, 2.75) is 84.2 Å². The van der Waals surface area contributed by atoms with Crippen LogP contribution in [0.3, 0.4) is 0 Å². The van der Waals surface area contributed by atoms with Crippen molar-refractivity contribution in [3.05, 3.63) is 40.3 Å². The van der Waals surface area contributed by atoms with Gasteiger partial charge in [-0.25, -0.2) is 14.6 Å². The lowest BCUT2D eigenvalue weighted by atomic mass is 9.96. The van der Waals surface area contributed by atoms with E-state index in [1.807, 2.05) is 0 Å². The molecule has 2 heterocycles. The second kappa shape index (κ2) is 11.6. The molecular formula is C25H26F9N5O. The molecule has 15 heteroatoms. The molecule has 0 bridgehead atoms. The first-order valence-corrected chi connectivity index (χ1v) is 12.5. The molecule has 0 radical (unpaired) electrons. The van der Waals surface area contributed by atoms with E-state index < -0.39 is 58.4 Å². The van der Waals surface area contributed by atoms with Crippen molar-refractivity contribution in [2.75, 3.05) is 5.32 Å². The summed E-state index contributed by atoms with van der Waals surface area (Å²) in [7, 11) is 0. The standard InChI is InChI=1S/C25H26F9N5O/c1-4-7-10-16(40)35-21-17-19(24(29,30)31)36-22(25(32,33)34)37-20(17)38-39(21)18-13(8-5-2)11-15(23(26,27)28)12-14(18)9-6-3/h11-12H,4-10H2,1-3H3,(H,35,40). The molecule has 0 spiro atoms. The Morgan fingerprint density at radius 1 is 0.825 bits per heavy atom. The number of hydrogen-bond acceptors (Lipinski definition) is 4. The SMILES string of the molecule is CCCCC(=O)Nc1c2c(C(F)(F)F)nc(C(F)(F)F)nc2nn1-c1c(CCC)cc(C(F)(F)F)cc1CCC. The highest BCUT2D eigenvalue weighted by atomic mass is 19.4. The number of fused-ring (bicyclic) bond motifs is 1. The van der Waals surface area contributed by atoms with Gasteiger partial charge in [-0.15, -0.1) is 5.10 Å². The Labute approximate surface area is 223 Å². The average Bonchev–Trinajstić information content (AvgIpc) is 3.18. The highest BCUT2D eigenvalue weighted by Crippen LogP contribution is 2.41. The van der Waals surface area contributed by atoms with Gasteiger partial charge in [-0.1, -0.05) is 40.0 Å². The van der Waals surface area contributed by atoms with Crippen LogP contribution in [0.4, 0.5) is 45.3 Å². The van der Waals surface area contributed by atoms with Crippen LogP contribution in [0, 0.1) is 0 Å². The van der Waals surface area contributed by atoms with E-state index in [1.165, 1.54) is 0 Å². The average molecular weight is 583 g/mol.